The summed E-state index contributed by atoms with van der Waals surface area (Å²) in [5.41, 5.74) is -4.29. The largest absolute Gasteiger partial charge is 0.417 e. The highest BCUT2D eigenvalue weighted by atomic mass is 19.4. The molecule has 2 heterocycles. The summed E-state index contributed by atoms with van der Waals surface area (Å²) in [7, 11) is 1.92. The second-order valence-corrected chi connectivity index (χ2v) is 9.77. The van der Waals surface area contributed by atoms with Crippen molar-refractivity contribution < 1.29 is 35.5 Å². The highest BCUT2D eigenvalue weighted by molar-refractivity contribution is 6.07. The fourth-order valence-corrected chi connectivity index (χ4v) is 4.67. The number of benzene rings is 2. The number of H-pyrrole nitrogens is 1. The Morgan fingerprint density at radius 1 is 0.950 bits per heavy atom. The highest BCUT2D eigenvalue weighted by Gasteiger charge is 2.36. The van der Waals surface area contributed by atoms with E-state index in [1.165, 1.54) is 6.07 Å². The predicted molar refractivity (Wildman–Crippen MR) is 136 cm³/mol. The van der Waals surface area contributed by atoms with Crippen molar-refractivity contribution in [2.75, 3.05) is 30.4 Å². The van der Waals surface area contributed by atoms with E-state index < -0.39 is 46.3 Å². The van der Waals surface area contributed by atoms with Gasteiger partial charge >= 0.3 is 12.4 Å². The van der Waals surface area contributed by atoms with Gasteiger partial charge in [-0.2, -0.15) is 26.3 Å². The Bertz CT molecular complexity index is 1450. The van der Waals surface area contributed by atoms with Crippen LogP contribution in [0, 0.1) is 5.82 Å². The molecule has 2 N–H and O–H groups in total. The van der Waals surface area contributed by atoms with Crippen LogP contribution in [0.2, 0.25) is 0 Å². The van der Waals surface area contributed by atoms with Gasteiger partial charge in [0.05, 0.1) is 28.1 Å². The number of nitrogens with one attached hydrogen (secondary N) is 2. The quantitative estimate of drug-likeness (QED) is 0.378. The molecule has 0 unspecified atom stereocenters. The van der Waals surface area contributed by atoms with Crippen LogP contribution in [0.5, 0.6) is 0 Å². The van der Waals surface area contributed by atoms with Gasteiger partial charge in [-0.15, -0.1) is 0 Å². The predicted octanol–water partition coefficient (Wildman–Crippen LogP) is 6.00. The SMILES string of the molecule is C[C@@H]1CN(c2cc(F)c(-c3ccc(C(F)(F)F)cc3)cc2NC(=O)c2c[nH]c(=O)cc2C(F)(F)F)C[C@H](C)N1C. The van der Waals surface area contributed by atoms with E-state index >= 15 is 4.39 Å². The standard InChI is InChI=1S/C27H25F7N4O2/c1-14-12-38(13-15(2)37(14)3)23-10-21(28)18(16-4-6-17(7-5-16)26(29,30)31)8-22(23)36-25(40)19-11-35-24(39)9-20(19)27(32,33)34/h4-11,14-15H,12-13H2,1-3H3,(H,35,39)(H,36,40)/t14-,15+. The summed E-state index contributed by atoms with van der Waals surface area (Å²) in [5.74, 6) is -2.02. The third-order valence-electron chi connectivity index (χ3n) is 7.03. The number of hydrogen-bond acceptors (Lipinski definition) is 4. The van der Waals surface area contributed by atoms with Crippen molar-refractivity contribution in [1.82, 2.24) is 9.88 Å². The average Bonchev–Trinajstić information content (AvgIpc) is 2.86. The molecule has 1 aliphatic heterocycles. The molecule has 2 aromatic carbocycles. The molecule has 0 saturated carbocycles. The van der Waals surface area contributed by atoms with Crippen LogP contribution in [0.3, 0.4) is 0 Å². The third-order valence-corrected chi connectivity index (χ3v) is 7.03. The second-order valence-electron chi connectivity index (χ2n) is 9.77. The van der Waals surface area contributed by atoms with E-state index in [0.717, 1.165) is 30.3 Å². The van der Waals surface area contributed by atoms with E-state index in [9.17, 15) is 35.9 Å². The number of hydrogen-bond donors (Lipinski definition) is 2. The van der Waals surface area contributed by atoms with Gasteiger partial charge in [-0.1, -0.05) is 12.1 Å². The Labute approximate surface area is 224 Å². The number of carbonyl (C=O) groups is 1. The van der Waals surface area contributed by atoms with Gasteiger partial charge in [0.1, 0.15) is 5.82 Å². The van der Waals surface area contributed by atoms with Crippen LogP contribution in [-0.2, 0) is 12.4 Å². The van der Waals surface area contributed by atoms with Crippen LogP contribution in [0.15, 0.2) is 53.5 Å². The minimum Gasteiger partial charge on any atom is -0.367 e. The number of aromatic nitrogens is 1. The van der Waals surface area contributed by atoms with E-state index in [2.05, 4.69) is 15.2 Å². The van der Waals surface area contributed by atoms with Crippen LogP contribution >= 0.6 is 0 Å². The Morgan fingerprint density at radius 3 is 2.10 bits per heavy atom. The number of alkyl halides is 6. The van der Waals surface area contributed by atoms with E-state index in [4.69, 9.17) is 0 Å². The molecule has 1 saturated heterocycles. The fourth-order valence-electron chi connectivity index (χ4n) is 4.67. The Balaban J connectivity index is 1.81. The Hall–Kier alpha value is -3.87. The van der Waals surface area contributed by atoms with Crippen molar-refractivity contribution >= 4 is 17.3 Å². The van der Waals surface area contributed by atoms with Crippen molar-refractivity contribution in [2.24, 2.45) is 0 Å². The van der Waals surface area contributed by atoms with E-state index in [1.54, 1.807) is 4.90 Å². The molecule has 0 bridgehead atoms. The lowest BCUT2D eigenvalue weighted by Crippen LogP contribution is -2.55. The van der Waals surface area contributed by atoms with E-state index in [1.807, 2.05) is 20.9 Å². The molecule has 2 atom stereocenters. The summed E-state index contributed by atoms with van der Waals surface area (Å²) in [4.78, 5) is 30.6. The minimum atomic E-state index is -5.01. The van der Waals surface area contributed by atoms with Gasteiger partial charge in [-0.3, -0.25) is 14.5 Å². The van der Waals surface area contributed by atoms with Gasteiger partial charge in [0.15, 0.2) is 0 Å². The zero-order valence-corrected chi connectivity index (χ0v) is 21.5. The van der Waals surface area contributed by atoms with Crippen LogP contribution in [0.25, 0.3) is 11.1 Å². The van der Waals surface area contributed by atoms with Gasteiger partial charge < -0.3 is 15.2 Å². The molecule has 1 aromatic heterocycles. The van der Waals surface area contributed by atoms with Crippen LogP contribution in [-0.4, -0.2) is 48.0 Å². The number of amides is 1. The number of piperazine rings is 1. The number of likely N-dealkylation sites (N-methyl/N-ethyl adjacent to an activating group) is 1. The summed E-state index contributed by atoms with van der Waals surface area (Å²) in [6.45, 7) is 4.66. The van der Waals surface area contributed by atoms with Crippen molar-refractivity contribution in [3.8, 4) is 11.1 Å². The first-order chi connectivity index (χ1) is 18.6. The molecule has 1 amide bonds. The smallest absolute Gasteiger partial charge is 0.367 e. The first-order valence-electron chi connectivity index (χ1n) is 12.2. The lowest BCUT2D eigenvalue weighted by Gasteiger charge is -2.44. The van der Waals surface area contributed by atoms with Crippen LogP contribution in [0.4, 0.5) is 42.1 Å². The molecule has 0 radical (unpaired) electrons. The van der Waals surface area contributed by atoms with Crippen molar-refractivity contribution in [1.29, 1.82) is 0 Å². The Morgan fingerprint density at radius 2 is 1.55 bits per heavy atom. The van der Waals surface area contributed by atoms with Gasteiger partial charge in [-0.05, 0) is 50.7 Å². The molecular weight excluding hydrogens is 545 g/mol. The number of halogens is 7. The Kier molecular flexibility index (Phi) is 7.72. The highest BCUT2D eigenvalue weighted by Crippen LogP contribution is 2.38. The molecule has 0 spiro atoms. The maximum Gasteiger partial charge on any atom is 0.417 e. The number of nitrogens with zero attached hydrogens (tertiary/aromatic N) is 2. The molecule has 13 heteroatoms. The summed E-state index contributed by atoms with van der Waals surface area (Å²) >= 11 is 0. The zero-order valence-electron chi connectivity index (χ0n) is 21.5. The van der Waals surface area contributed by atoms with Gasteiger partial charge in [0.2, 0.25) is 5.56 Å². The number of carbonyl (C=O) groups excluding carboxylic acids is 1. The molecular formula is C27H25F7N4O2. The monoisotopic (exact) mass is 570 g/mol. The van der Waals surface area contributed by atoms with Gasteiger partial charge in [0, 0.05) is 43.0 Å². The molecule has 3 aromatic rings. The molecule has 4 rings (SSSR count). The third kappa shape index (κ3) is 5.98. The number of rotatable bonds is 4. The van der Waals surface area contributed by atoms with Crippen LogP contribution in [0.1, 0.15) is 35.3 Å². The first-order valence-corrected chi connectivity index (χ1v) is 12.2. The number of pyridine rings is 1. The molecule has 1 fully saturated rings. The molecule has 40 heavy (non-hydrogen) atoms. The summed E-state index contributed by atoms with van der Waals surface area (Å²) in [6.07, 6.45) is -8.98. The second kappa shape index (κ2) is 10.6. The number of anilines is 2. The number of aromatic amines is 1. The van der Waals surface area contributed by atoms with Crippen LogP contribution < -0.4 is 15.8 Å². The summed E-state index contributed by atoms with van der Waals surface area (Å²) in [6, 6.07) is 6.23. The first kappa shape index (κ1) is 29.1. The fraction of sp³-hybridized carbons (Fsp3) is 0.333. The maximum atomic E-state index is 15.4. The van der Waals surface area contributed by atoms with Gasteiger partial charge in [0.25, 0.3) is 5.91 Å². The normalized spacial score (nSPS) is 18.6. The maximum absolute atomic E-state index is 15.4. The van der Waals surface area contributed by atoms with Crippen molar-refractivity contribution in [2.45, 2.75) is 38.3 Å². The summed E-state index contributed by atoms with van der Waals surface area (Å²) in [5, 5.41) is 2.41. The molecule has 6 nitrogen and oxygen atoms in total. The van der Waals surface area contributed by atoms with Crippen molar-refractivity contribution in [3.05, 3.63) is 81.5 Å². The van der Waals surface area contributed by atoms with E-state index in [-0.39, 0.29) is 40.7 Å². The lowest BCUT2D eigenvalue weighted by molar-refractivity contribution is -0.138. The summed E-state index contributed by atoms with van der Waals surface area (Å²) < 4.78 is 95.3. The molecule has 1 aliphatic rings. The molecule has 214 valence electrons. The minimum absolute atomic E-state index is 0.000910. The van der Waals surface area contributed by atoms with Crippen molar-refractivity contribution in [3.63, 3.8) is 0 Å². The molecule has 0 aliphatic carbocycles. The topological polar surface area (TPSA) is 68.4 Å². The van der Waals surface area contributed by atoms with Gasteiger partial charge in [-0.25, -0.2) is 4.39 Å². The zero-order chi connectivity index (χ0) is 29.6. The average molecular weight is 571 g/mol. The van der Waals surface area contributed by atoms with E-state index in [0.29, 0.717) is 19.3 Å². The lowest BCUT2D eigenvalue weighted by atomic mass is 10.00.